The van der Waals surface area contributed by atoms with Crippen molar-refractivity contribution in [3.8, 4) is 6.07 Å². The Balaban J connectivity index is 1.75. The van der Waals surface area contributed by atoms with E-state index in [0.717, 1.165) is 18.7 Å². The van der Waals surface area contributed by atoms with E-state index in [2.05, 4.69) is 34.4 Å². The van der Waals surface area contributed by atoms with E-state index in [1.165, 1.54) is 11.1 Å². The minimum atomic E-state index is 0.149. The Labute approximate surface area is 112 Å². The molecule has 0 fully saturated rings. The Morgan fingerprint density at radius 1 is 1.47 bits per heavy atom. The molecule has 1 heterocycles. The van der Waals surface area contributed by atoms with Crippen LogP contribution < -0.4 is 0 Å². The molecule has 2 aromatic rings. The third-order valence-electron chi connectivity index (χ3n) is 3.73. The molecule has 1 aromatic carbocycles. The Hall–Kier alpha value is -2.15. The molecule has 0 amide bonds. The molecule has 1 aromatic heterocycles. The second-order valence-corrected chi connectivity index (χ2v) is 5.04. The average molecular weight is 253 g/mol. The van der Waals surface area contributed by atoms with Crippen LogP contribution in [0.2, 0.25) is 0 Å². The van der Waals surface area contributed by atoms with Gasteiger partial charge in [-0.05, 0) is 24.0 Å². The number of nitriles is 1. The highest BCUT2D eigenvalue weighted by molar-refractivity contribution is 5.43. The highest BCUT2D eigenvalue weighted by atomic mass is 16.5. The number of benzene rings is 1. The summed E-state index contributed by atoms with van der Waals surface area (Å²) in [6.07, 6.45) is 2.27. The number of fused-ring (bicyclic) bond motifs is 1. The maximum Gasteiger partial charge on any atom is 0.229 e. The van der Waals surface area contributed by atoms with Gasteiger partial charge in [0, 0.05) is 12.3 Å². The van der Waals surface area contributed by atoms with E-state index in [4.69, 9.17) is 9.78 Å². The van der Waals surface area contributed by atoms with Crippen LogP contribution in [0.5, 0.6) is 0 Å². The van der Waals surface area contributed by atoms with Crippen LogP contribution >= 0.6 is 0 Å². The molecule has 1 aliphatic carbocycles. The minimum absolute atomic E-state index is 0.149. The fraction of sp³-hybridized carbons (Fsp3) is 0.400. The zero-order valence-corrected chi connectivity index (χ0v) is 10.8. The van der Waals surface area contributed by atoms with Gasteiger partial charge in [0.1, 0.15) is 0 Å². The molecule has 0 saturated carbocycles. The van der Waals surface area contributed by atoms with Crippen LogP contribution in [0.25, 0.3) is 0 Å². The van der Waals surface area contributed by atoms with Crippen molar-refractivity contribution in [2.75, 3.05) is 0 Å². The number of rotatable bonds is 4. The molecule has 0 saturated heterocycles. The van der Waals surface area contributed by atoms with Gasteiger partial charge < -0.3 is 4.52 Å². The summed E-state index contributed by atoms with van der Waals surface area (Å²) in [7, 11) is 0. The van der Waals surface area contributed by atoms with Crippen molar-refractivity contribution in [2.24, 2.45) is 0 Å². The number of hydrogen-bond donors (Lipinski definition) is 0. The summed E-state index contributed by atoms with van der Waals surface area (Å²) in [5.74, 6) is 1.85. The second kappa shape index (κ2) is 4.85. The van der Waals surface area contributed by atoms with Crippen molar-refractivity contribution in [2.45, 2.75) is 38.0 Å². The Morgan fingerprint density at radius 3 is 3.11 bits per heavy atom. The summed E-state index contributed by atoms with van der Waals surface area (Å²) in [5.41, 5.74) is 2.68. The predicted octanol–water partition coefficient (Wildman–Crippen LogP) is 3.16. The first-order chi connectivity index (χ1) is 9.29. The number of aromatic nitrogens is 2. The highest BCUT2D eigenvalue weighted by Gasteiger charge is 2.31. The Kier molecular flexibility index (Phi) is 3.04. The lowest BCUT2D eigenvalue weighted by atomic mass is 9.77. The van der Waals surface area contributed by atoms with Gasteiger partial charge >= 0.3 is 0 Å². The normalized spacial score (nSPS) is 18.2. The molecule has 2 unspecified atom stereocenters. The average Bonchev–Trinajstić information content (AvgIpc) is 2.87. The summed E-state index contributed by atoms with van der Waals surface area (Å²) in [6.45, 7) is 2.02. The minimum Gasteiger partial charge on any atom is -0.339 e. The van der Waals surface area contributed by atoms with E-state index in [1.807, 2.05) is 13.0 Å². The van der Waals surface area contributed by atoms with Gasteiger partial charge in [0.15, 0.2) is 5.82 Å². The van der Waals surface area contributed by atoms with Gasteiger partial charge in [-0.15, -0.1) is 0 Å². The molecule has 19 heavy (non-hydrogen) atoms. The first kappa shape index (κ1) is 11.9. The number of hydrogen-bond acceptors (Lipinski definition) is 4. The summed E-state index contributed by atoms with van der Waals surface area (Å²) >= 11 is 0. The topological polar surface area (TPSA) is 62.7 Å². The summed E-state index contributed by atoms with van der Waals surface area (Å²) in [6, 6.07) is 10.5. The van der Waals surface area contributed by atoms with Crippen molar-refractivity contribution >= 4 is 0 Å². The first-order valence-electron chi connectivity index (χ1n) is 6.58. The maximum atomic E-state index is 8.60. The van der Waals surface area contributed by atoms with E-state index in [9.17, 15) is 0 Å². The van der Waals surface area contributed by atoms with Gasteiger partial charge in [-0.2, -0.15) is 10.2 Å². The third-order valence-corrected chi connectivity index (χ3v) is 3.73. The molecule has 0 N–H and O–H groups in total. The van der Waals surface area contributed by atoms with E-state index in [-0.39, 0.29) is 11.8 Å². The molecule has 4 nitrogen and oxygen atoms in total. The van der Waals surface area contributed by atoms with E-state index >= 15 is 0 Å². The van der Waals surface area contributed by atoms with Gasteiger partial charge in [-0.1, -0.05) is 36.3 Å². The molecule has 3 rings (SSSR count). The lowest BCUT2D eigenvalue weighted by Crippen LogP contribution is -2.19. The van der Waals surface area contributed by atoms with Crippen LogP contribution in [0.15, 0.2) is 28.8 Å². The lowest BCUT2D eigenvalue weighted by Gasteiger charge is -2.27. The van der Waals surface area contributed by atoms with Crippen LogP contribution in [0, 0.1) is 11.3 Å². The van der Waals surface area contributed by atoms with Crippen LogP contribution in [-0.4, -0.2) is 10.1 Å². The van der Waals surface area contributed by atoms with Gasteiger partial charge in [0.2, 0.25) is 5.89 Å². The van der Waals surface area contributed by atoms with Gasteiger partial charge in [-0.25, -0.2) is 0 Å². The van der Waals surface area contributed by atoms with E-state index in [1.54, 1.807) is 0 Å². The Morgan fingerprint density at radius 2 is 2.32 bits per heavy atom. The molecular formula is C15H15N3O. The van der Waals surface area contributed by atoms with Crippen molar-refractivity contribution in [3.63, 3.8) is 0 Å². The van der Waals surface area contributed by atoms with Gasteiger partial charge in [-0.3, -0.25) is 0 Å². The first-order valence-corrected chi connectivity index (χ1v) is 6.58. The quantitative estimate of drug-likeness (QED) is 0.839. The van der Waals surface area contributed by atoms with Crippen molar-refractivity contribution < 1.29 is 4.52 Å². The predicted molar refractivity (Wildman–Crippen MR) is 69.5 cm³/mol. The zero-order valence-electron chi connectivity index (χ0n) is 10.8. The van der Waals surface area contributed by atoms with Crippen LogP contribution in [-0.2, 0) is 6.42 Å². The molecule has 4 heteroatoms. The lowest BCUT2D eigenvalue weighted by molar-refractivity contribution is 0.348. The van der Waals surface area contributed by atoms with Crippen molar-refractivity contribution in [1.82, 2.24) is 10.1 Å². The molecule has 0 radical (unpaired) electrons. The fourth-order valence-electron chi connectivity index (χ4n) is 2.48. The molecule has 1 aliphatic rings. The standard InChI is InChI=1S/C15H15N3O/c1-10(5-4-8-16)15-17-14(18-19-15)13-9-11-6-2-3-7-12(11)13/h2-3,6-7,10,13H,4-5,9H2,1H3. The summed E-state index contributed by atoms with van der Waals surface area (Å²) in [5, 5.41) is 12.7. The third kappa shape index (κ3) is 2.12. The fourth-order valence-corrected chi connectivity index (χ4v) is 2.48. The summed E-state index contributed by atoms with van der Waals surface area (Å²) < 4.78 is 5.32. The molecular weight excluding hydrogens is 238 g/mol. The van der Waals surface area contributed by atoms with E-state index in [0.29, 0.717) is 12.3 Å². The largest absolute Gasteiger partial charge is 0.339 e. The van der Waals surface area contributed by atoms with Crippen LogP contribution in [0.4, 0.5) is 0 Å². The molecule has 0 bridgehead atoms. The maximum absolute atomic E-state index is 8.60. The van der Waals surface area contributed by atoms with Crippen LogP contribution in [0.1, 0.15) is 54.4 Å². The summed E-state index contributed by atoms with van der Waals surface area (Å²) in [4.78, 5) is 4.50. The van der Waals surface area contributed by atoms with E-state index < -0.39 is 0 Å². The highest BCUT2D eigenvalue weighted by Crippen LogP contribution is 2.38. The molecule has 0 spiro atoms. The van der Waals surface area contributed by atoms with Crippen LogP contribution in [0.3, 0.4) is 0 Å². The molecule has 0 aliphatic heterocycles. The van der Waals surface area contributed by atoms with Gasteiger partial charge in [0.25, 0.3) is 0 Å². The second-order valence-electron chi connectivity index (χ2n) is 5.04. The monoisotopic (exact) mass is 253 g/mol. The zero-order chi connectivity index (χ0) is 13.2. The molecule has 96 valence electrons. The number of nitrogens with zero attached hydrogens (tertiary/aromatic N) is 3. The van der Waals surface area contributed by atoms with Crippen molar-refractivity contribution in [3.05, 3.63) is 47.1 Å². The van der Waals surface area contributed by atoms with Gasteiger partial charge in [0.05, 0.1) is 12.0 Å². The Bertz CT molecular complexity index is 626. The SMILES string of the molecule is CC(CCC#N)c1nc(C2Cc3ccccc32)no1. The molecule has 2 atom stereocenters. The smallest absolute Gasteiger partial charge is 0.229 e. The van der Waals surface area contributed by atoms with Crippen molar-refractivity contribution in [1.29, 1.82) is 5.26 Å².